The number of aromatic nitrogens is 3. The average molecular weight is 386 g/mol. The smallest absolute Gasteiger partial charge is 0.422 e. The number of alkyl halides is 3. The van der Waals surface area contributed by atoms with E-state index in [-0.39, 0.29) is 23.7 Å². The molecule has 7 nitrogen and oxygen atoms in total. The molecule has 0 aromatic carbocycles. The SMILES string of the molecule is CCOC(=O)c1nn(C(C)(C)C)c(Oc2cncc(N)c2C(F)(F)F)c1C. The average Bonchev–Trinajstić information content (AvgIpc) is 2.83. The molecule has 2 rings (SSSR count). The number of carbonyl (C=O) groups is 1. The summed E-state index contributed by atoms with van der Waals surface area (Å²) in [7, 11) is 0. The van der Waals surface area contributed by atoms with Crippen LogP contribution in [0.2, 0.25) is 0 Å². The number of nitrogen functional groups attached to an aromatic ring is 1. The Hall–Kier alpha value is -2.78. The molecular weight excluding hydrogens is 365 g/mol. The maximum atomic E-state index is 13.4. The molecule has 0 radical (unpaired) electrons. The summed E-state index contributed by atoms with van der Waals surface area (Å²) in [6, 6.07) is 0. The van der Waals surface area contributed by atoms with Gasteiger partial charge in [0.15, 0.2) is 11.4 Å². The predicted molar refractivity (Wildman–Crippen MR) is 91.6 cm³/mol. The molecule has 0 aliphatic rings. The van der Waals surface area contributed by atoms with E-state index >= 15 is 0 Å². The van der Waals surface area contributed by atoms with Crippen molar-refractivity contribution < 1.29 is 27.4 Å². The maximum Gasteiger partial charge on any atom is 0.422 e. The zero-order chi connectivity index (χ0) is 20.6. The number of carbonyl (C=O) groups excluding carboxylic acids is 1. The number of hydrogen-bond acceptors (Lipinski definition) is 6. The summed E-state index contributed by atoms with van der Waals surface area (Å²) >= 11 is 0. The largest absolute Gasteiger partial charge is 0.461 e. The predicted octanol–water partition coefficient (Wildman–Crippen LogP) is 3.91. The molecule has 0 saturated heterocycles. The molecule has 0 saturated carbocycles. The summed E-state index contributed by atoms with van der Waals surface area (Å²) in [5.74, 6) is -1.29. The van der Waals surface area contributed by atoms with E-state index in [1.165, 1.54) is 11.6 Å². The summed E-state index contributed by atoms with van der Waals surface area (Å²) in [5, 5.41) is 4.19. The number of hydrogen-bond donors (Lipinski definition) is 1. The van der Waals surface area contributed by atoms with E-state index < -0.39 is 34.7 Å². The van der Waals surface area contributed by atoms with Crippen LogP contribution in [0.25, 0.3) is 0 Å². The van der Waals surface area contributed by atoms with Crippen molar-refractivity contribution >= 4 is 11.7 Å². The first kappa shape index (κ1) is 20.5. The highest BCUT2D eigenvalue weighted by molar-refractivity contribution is 5.89. The van der Waals surface area contributed by atoms with Crippen molar-refractivity contribution in [1.82, 2.24) is 14.8 Å². The summed E-state index contributed by atoms with van der Waals surface area (Å²) in [6.07, 6.45) is -2.93. The Bertz CT molecular complexity index is 854. The minimum absolute atomic E-state index is 0.0246. The van der Waals surface area contributed by atoms with Crippen molar-refractivity contribution in [3.05, 3.63) is 29.2 Å². The molecule has 0 bridgehead atoms. The van der Waals surface area contributed by atoms with Gasteiger partial charge in [-0.1, -0.05) is 0 Å². The van der Waals surface area contributed by atoms with Crippen LogP contribution in [-0.2, 0) is 16.5 Å². The van der Waals surface area contributed by atoms with Crippen LogP contribution in [0.5, 0.6) is 11.6 Å². The van der Waals surface area contributed by atoms with E-state index in [2.05, 4.69) is 10.1 Å². The highest BCUT2D eigenvalue weighted by Crippen LogP contribution is 2.42. The molecule has 148 valence electrons. The zero-order valence-corrected chi connectivity index (χ0v) is 15.6. The normalized spacial score (nSPS) is 12.1. The highest BCUT2D eigenvalue weighted by Gasteiger charge is 2.38. The molecule has 2 aromatic rings. The lowest BCUT2D eigenvalue weighted by atomic mass is 10.1. The summed E-state index contributed by atoms with van der Waals surface area (Å²) in [4.78, 5) is 15.8. The van der Waals surface area contributed by atoms with Gasteiger partial charge in [0, 0.05) is 5.56 Å². The molecule has 2 heterocycles. The van der Waals surface area contributed by atoms with E-state index in [4.69, 9.17) is 15.2 Å². The number of pyridine rings is 1. The Labute approximate surface area is 154 Å². The number of rotatable bonds is 4. The molecule has 10 heteroatoms. The Balaban J connectivity index is 2.64. The number of esters is 1. The lowest BCUT2D eigenvalue weighted by Gasteiger charge is -2.23. The van der Waals surface area contributed by atoms with Gasteiger partial charge in [0.05, 0.1) is 30.2 Å². The van der Waals surface area contributed by atoms with Gasteiger partial charge >= 0.3 is 12.1 Å². The molecule has 2 N–H and O–H groups in total. The quantitative estimate of drug-likeness (QED) is 0.801. The fourth-order valence-corrected chi connectivity index (χ4v) is 2.39. The van der Waals surface area contributed by atoms with Crippen LogP contribution in [0.3, 0.4) is 0 Å². The van der Waals surface area contributed by atoms with Crippen molar-refractivity contribution in [1.29, 1.82) is 0 Å². The Morgan fingerprint density at radius 2 is 1.89 bits per heavy atom. The van der Waals surface area contributed by atoms with Gasteiger partial charge in [-0.15, -0.1) is 0 Å². The number of nitrogens with zero attached hydrogens (tertiary/aromatic N) is 3. The van der Waals surface area contributed by atoms with E-state index in [0.29, 0.717) is 0 Å². The second-order valence-electron chi connectivity index (χ2n) is 6.78. The Kier molecular flexibility index (Phi) is 5.39. The van der Waals surface area contributed by atoms with Gasteiger partial charge in [0.2, 0.25) is 5.88 Å². The van der Waals surface area contributed by atoms with E-state index in [1.54, 1.807) is 27.7 Å². The van der Waals surface area contributed by atoms with Gasteiger partial charge in [0.1, 0.15) is 5.56 Å². The zero-order valence-electron chi connectivity index (χ0n) is 15.6. The highest BCUT2D eigenvalue weighted by atomic mass is 19.4. The lowest BCUT2D eigenvalue weighted by Crippen LogP contribution is -2.24. The molecular formula is C17H21F3N4O3. The fraction of sp³-hybridized carbons (Fsp3) is 0.471. The van der Waals surface area contributed by atoms with Crippen LogP contribution >= 0.6 is 0 Å². The summed E-state index contributed by atoms with van der Waals surface area (Å²) < 4.78 is 52.0. The molecule has 0 atom stereocenters. The fourth-order valence-electron chi connectivity index (χ4n) is 2.39. The van der Waals surface area contributed by atoms with Crippen LogP contribution in [0, 0.1) is 6.92 Å². The first-order valence-electron chi connectivity index (χ1n) is 8.13. The van der Waals surface area contributed by atoms with Gasteiger partial charge in [-0.05, 0) is 34.6 Å². The van der Waals surface area contributed by atoms with Crippen molar-refractivity contribution in [2.24, 2.45) is 0 Å². The molecule has 0 aliphatic heterocycles. The third kappa shape index (κ3) is 4.15. The van der Waals surface area contributed by atoms with Crippen LogP contribution in [-0.4, -0.2) is 27.3 Å². The van der Waals surface area contributed by atoms with Gasteiger partial charge < -0.3 is 15.2 Å². The number of anilines is 1. The second-order valence-corrected chi connectivity index (χ2v) is 6.78. The maximum absolute atomic E-state index is 13.4. The van der Waals surface area contributed by atoms with Gasteiger partial charge in [-0.25, -0.2) is 9.48 Å². The number of ether oxygens (including phenoxy) is 2. The molecule has 0 spiro atoms. The topological polar surface area (TPSA) is 92.3 Å². The number of halogens is 3. The minimum Gasteiger partial charge on any atom is -0.461 e. The first-order valence-corrected chi connectivity index (χ1v) is 8.13. The van der Waals surface area contributed by atoms with E-state index in [1.807, 2.05) is 0 Å². The third-order valence-electron chi connectivity index (χ3n) is 3.60. The summed E-state index contributed by atoms with van der Waals surface area (Å²) in [6.45, 7) is 8.59. The van der Waals surface area contributed by atoms with Crippen molar-refractivity contribution in [3.63, 3.8) is 0 Å². The molecule has 27 heavy (non-hydrogen) atoms. The molecule has 0 amide bonds. The van der Waals surface area contributed by atoms with Crippen LogP contribution in [0.4, 0.5) is 18.9 Å². The third-order valence-corrected chi connectivity index (χ3v) is 3.60. The van der Waals surface area contributed by atoms with Crippen LogP contribution in [0.15, 0.2) is 12.4 Å². The van der Waals surface area contributed by atoms with Crippen molar-refractivity contribution in [3.8, 4) is 11.6 Å². The summed E-state index contributed by atoms with van der Waals surface area (Å²) in [5.41, 5.74) is 3.28. The molecule has 0 fully saturated rings. The molecule has 0 aliphatic carbocycles. The number of nitrogens with two attached hydrogens (primary N) is 1. The second kappa shape index (κ2) is 7.09. The standard InChI is InChI=1S/C17H21F3N4O3/c1-6-26-15(25)13-9(2)14(24(23-13)16(3,4)5)27-11-8-22-7-10(21)12(11)17(18,19)20/h7-8H,6,21H2,1-5H3. The van der Waals surface area contributed by atoms with E-state index in [9.17, 15) is 18.0 Å². The Morgan fingerprint density at radius 3 is 2.41 bits per heavy atom. The van der Waals surface area contributed by atoms with Gasteiger partial charge in [-0.3, -0.25) is 4.98 Å². The molecule has 0 unspecified atom stereocenters. The van der Waals surface area contributed by atoms with Crippen molar-refractivity contribution in [2.45, 2.75) is 46.3 Å². The molecule has 2 aromatic heterocycles. The monoisotopic (exact) mass is 386 g/mol. The van der Waals surface area contributed by atoms with Gasteiger partial charge in [0.25, 0.3) is 0 Å². The van der Waals surface area contributed by atoms with Crippen LogP contribution in [0.1, 0.15) is 49.3 Å². The minimum atomic E-state index is -4.74. The van der Waals surface area contributed by atoms with E-state index in [0.717, 1.165) is 12.4 Å². The van der Waals surface area contributed by atoms with Crippen LogP contribution < -0.4 is 10.5 Å². The van der Waals surface area contributed by atoms with Gasteiger partial charge in [-0.2, -0.15) is 18.3 Å². The lowest BCUT2D eigenvalue weighted by molar-refractivity contribution is -0.138. The first-order chi connectivity index (χ1) is 12.4. The van der Waals surface area contributed by atoms with Crippen molar-refractivity contribution in [2.75, 3.05) is 12.3 Å². The Morgan fingerprint density at radius 1 is 1.26 bits per heavy atom.